The highest BCUT2D eigenvalue weighted by molar-refractivity contribution is 7.95. The molecular weight excluding hydrogens is 466 g/mol. The third-order valence-corrected chi connectivity index (χ3v) is 8.20. The molecule has 1 atom stereocenters. The number of sulfone groups is 1. The number of fused-ring (bicyclic) bond motifs is 1. The summed E-state index contributed by atoms with van der Waals surface area (Å²) in [5.41, 5.74) is 2.40. The average Bonchev–Trinajstić information content (AvgIpc) is 3.43. The van der Waals surface area contributed by atoms with Crippen LogP contribution in [0.5, 0.6) is 11.5 Å². The van der Waals surface area contributed by atoms with Crippen molar-refractivity contribution < 1.29 is 27.8 Å². The Bertz CT molecular complexity index is 1410. The summed E-state index contributed by atoms with van der Waals surface area (Å²) in [5.74, 6) is -0.0463. The van der Waals surface area contributed by atoms with Gasteiger partial charge in [-0.3, -0.25) is 4.79 Å². The van der Waals surface area contributed by atoms with E-state index in [-0.39, 0.29) is 29.1 Å². The van der Waals surface area contributed by atoms with Crippen LogP contribution in [0.4, 0.5) is 0 Å². The maximum Gasteiger partial charge on any atom is 0.290 e. The highest BCUT2D eigenvalue weighted by atomic mass is 32.2. The lowest BCUT2D eigenvalue weighted by Crippen LogP contribution is -2.30. The minimum Gasteiger partial charge on any atom is -0.502 e. The summed E-state index contributed by atoms with van der Waals surface area (Å²) in [4.78, 5) is 14.4. The Morgan fingerprint density at radius 2 is 1.66 bits per heavy atom. The molecule has 0 radical (unpaired) electrons. The van der Waals surface area contributed by atoms with Crippen LogP contribution in [0.3, 0.4) is 0 Å². The van der Waals surface area contributed by atoms with E-state index in [2.05, 4.69) is 13.8 Å². The Labute approximate surface area is 204 Å². The van der Waals surface area contributed by atoms with E-state index in [0.717, 1.165) is 11.1 Å². The van der Waals surface area contributed by atoms with Crippen molar-refractivity contribution in [2.24, 2.45) is 0 Å². The molecule has 7 nitrogen and oxygen atoms in total. The lowest BCUT2D eigenvalue weighted by molar-refractivity contribution is -0.130. The summed E-state index contributed by atoms with van der Waals surface area (Å²) in [6.45, 7) is 4.33. The summed E-state index contributed by atoms with van der Waals surface area (Å²) in [5, 5.41) is 10.9. The first-order valence-corrected chi connectivity index (χ1v) is 12.8. The molecule has 2 aliphatic heterocycles. The molecule has 0 aliphatic carbocycles. The maximum atomic E-state index is 13.7. The van der Waals surface area contributed by atoms with Crippen LogP contribution < -0.4 is 9.47 Å². The van der Waals surface area contributed by atoms with Crippen molar-refractivity contribution in [3.8, 4) is 11.5 Å². The summed E-state index contributed by atoms with van der Waals surface area (Å²) < 4.78 is 38.1. The lowest BCUT2D eigenvalue weighted by Gasteiger charge is -2.27. The molecule has 0 aromatic heterocycles. The number of benzene rings is 3. The van der Waals surface area contributed by atoms with E-state index >= 15 is 0 Å². The number of amides is 1. The van der Waals surface area contributed by atoms with Crippen molar-refractivity contribution in [2.75, 3.05) is 6.79 Å². The predicted octanol–water partition coefficient (Wildman–Crippen LogP) is 4.87. The molecule has 3 aromatic rings. The number of ether oxygens (including phenoxy) is 2. The number of hydrogen-bond donors (Lipinski definition) is 1. The second-order valence-electron chi connectivity index (χ2n) is 8.87. The average molecular weight is 492 g/mol. The normalized spacial score (nSPS) is 17.5. The van der Waals surface area contributed by atoms with Crippen LogP contribution in [0.2, 0.25) is 0 Å². The number of carbonyl (C=O) groups is 1. The first-order chi connectivity index (χ1) is 16.8. The van der Waals surface area contributed by atoms with Gasteiger partial charge in [-0.1, -0.05) is 62.4 Å². The topological polar surface area (TPSA) is 93.1 Å². The zero-order valence-electron chi connectivity index (χ0n) is 19.3. The van der Waals surface area contributed by atoms with Crippen molar-refractivity contribution >= 4 is 15.7 Å². The lowest BCUT2D eigenvalue weighted by atomic mass is 9.98. The van der Waals surface area contributed by atoms with Gasteiger partial charge in [-0.15, -0.1) is 0 Å². The summed E-state index contributed by atoms with van der Waals surface area (Å²) in [6.07, 6.45) is 0. The van der Waals surface area contributed by atoms with E-state index in [1.165, 1.54) is 17.0 Å². The molecule has 0 unspecified atom stereocenters. The fourth-order valence-corrected chi connectivity index (χ4v) is 6.09. The molecular formula is C27H25NO6S. The smallest absolute Gasteiger partial charge is 0.290 e. The second-order valence-corrected chi connectivity index (χ2v) is 10.8. The van der Waals surface area contributed by atoms with E-state index in [4.69, 9.17) is 9.47 Å². The standard InChI is InChI=1S/C27H25NO6S/c1-17(2)19-9-11-20(12-10-19)24-26(35(31,32)21-6-4-3-5-7-21)25(29)27(30)28(24)15-18-8-13-22-23(14-18)34-16-33-22/h3-14,17,24,29H,15-16H2,1-2H3/t24-/m1/s1. The van der Waals surface area contributed by atoms with Gasteiger partial charge in [0.1, 0.15) is 4.91 Å². The first kappa shape index (κ1) is 23.0. The number of carbonyl (C=O) groups excluding carboxylic acids is 1. The predicted molar refractivity (Wildman–Crippen MR) is 130 cm³/mol. The Morgan fingerprint density at radius 1 is 0.971 bits per heavy atom. The van der Waals surface area contributed by atoms with E-state index in [0.29, 0.717) is 17.1 Å². The second kappa shape index (κ2) is 8.78. The van der Waals surface area contributed by atoms with Crippen molar-refractivity contribution in [1.29, 1.82) is 0 Å². The zero-order valence-corrected chi connectivity index (χ0v) is 20.2. The number of aliphatic hydroxyl groups is 1. The molecule has 0 spiro atoms. The van der Waals surface area contributed by atoms with Crippen LogP contribution in [0.25, 0.3) is 0 Å². The molecule has 0 saturated heterocycles. The quantitative estimate of drug-likeness (QED) is 0.529. The van der Waals surface area contributed by atoms with Crippen LogP contribution in [-0.4, -0.2) is 31.1 Å². The molecule has 1 amide bonds. The summed E-state index contributed by atoms with van der Waals surface area (Å²) in [7, 11) is -4.16. The molecule has 1 N–H and O–H groups in total. The molecule has 0 saturated carbocycles. The Morgan fingerprint density at radius 3 is 2.34 bits per heavy atom. The third-order valence-electron chi connectivity index (χ3n) is 6.31. The number of nitrogens with zero attached hydrogens (tertiary/aromatic N) is 1. The number of hydrogen-bond acceptors (Lipinski definition) is 6. The van der Waals surface area contributed by atoms with Crippen LogP contribution in [0.15, 0.2) is 88.4 Å². The van der Waals surface area contributed by atoms with Gasteiger partial charge in [0.05, 0.1) is 10.9 Å². The van der Waals surface area contributed by atoms with Gasteiger partial charge in [0.2, 0.25) is 16.6 Å². The third kappa shape index (κ3) is 4.04. The highest BCUT2D eigenvalue weighted by Gasteiger charge is 2.46. The van der Waals surface area contributed by atoms with E-state index in [9.17, 15) is 18.3 Å². The Hall–Kier alpha value is -3.78. The van der Waals surface area contributed by atoms with Crippen molar-refractivity contribution in [2.45, 2.75) is 37.2 Å². The van der Waals surface area contributed by atoms with Crippen LogP contribution in [0.1, 0.15) is 42.5 Å². The maximum absolute atomic E-state index is 13.7. The summed E-state index contributed by atoms with van der Waals surface area (Å²) in [6, 6.07) is 19.6. The van der Waals surface area contributed by atoms with E-state index in [1.54, 1.807) is 36.4 Å². The minimum absolute atomic E-state index is 0.0167. The molecule has 8 heteroatoms. The Balaban J connectivity index is 1.60. The fourth-order valence-electron chi connectivity index (χ4n) is 4.42. The van der Waals surface area contributed by atoms with Gasteiger partial charge in [0.25, 0.3) is 5.91 Å². The van der Waals surface area contributed by atoms with E-state index < -0.39 is 27.5 Å². The van der Waals surface area contributed by atoms with Crippen LogP contribution in [-0.2, 0) is 21.2 Å². The van der Waals surface area contributed by atoms with Crippen LogP contribution >= 0.6 is 0 Å². The SMILES string of the molecule is CC(C)c1ccc([C@@H]2C(S(=O)(=O)c3ccccc3)=C(O)C(=O)N2Cc2ccc3c(c2)OCO3)cc1. The van der Waals surface area contributed by atoms with Crippen molar-refractivity contribution in [1.82, 2.24) is 4.90 Å². The number of rotatable bonds is 6. The Kier molecular flexibility index (Phi) is 5.76. The summed E-state index contributed by atoms with van der Waals surface area (Å²) >= 11 is 0. The van der Waals surface area contributed by atoms with Gasteiger partial charge < -0.3 is 19.5 Å². The van der Waals surface area contributed by atoms with E-state index in [1.807, 2.05) is 24.3 Å². The highest BCUT2D eigenvalue weighted by Crippen LogP contribution is 2.44. The number of aliphatic hydroxyl groups excluding tert-OH is 1. The molecule has 3 aromatic carbocycles. The van der Waals surface area contributed by atoms with Gasteiger partial charge in [-0.2, -0.15) is 0 Å². The zero-order chi connectivity index (χ0) is 24.7. The molecule has 35 heavy (non-hydrogen) atoms. The van der Waals surface area contributed by atoms with Gasteiger partial charge in [0.15, 0.2) is 17.3 Å². The van der Waals surface area contributed by atoms with Crippen LogP contribution in [0, 0.1) is 0 Å². The first-order valence-electron chi connectivity index (χ1n) is 11.3. The van der Waals surface area contributed by atoms with Gasteiger partial charge >= 0.3 is 0 Å². The van der Waals surface area contributed by atoms with Gasteiger partial charge in [0, 0.05) is 6.54 Å². The molecule has 5 rings (SSSR count). The fraction of sp³-hybridized carbons (Fsp3) is 0.222. The molecule has 2 aliphatic rings. The molecule has 180 valence electrons. The molecule has 0 bridgehead atoms. The van der Waals surface area contributed by atoms with Gasteiger partial charge in [-0.05, 0) is 46.9 Å². The largest absolute Gasteiger partial charge is 0.502 e. The van der Waals surface area contributed by atoms with Crippen molar-refractivity contribution in [3.63, 3.8) is 0 Å². The molecule has 0 fully saturated rings. The van der Waals surface area contributed by atoms with Crippen molar-refractivity contribution in [3.05, 3.63) is 100 Å². The van der Waals surface area contributed by atoms with Gasteiger partial charge in [-0.25, -0.2) is 8.42 Å². The monoisotopic (exact) mass is 491 g/mol. The minimum atomic E-state index is -4.16. The molecule has 2 heterocycles.